The van der Waals surface area contributed by atoms with E-state index in [1.165, 1.54) is 32.3 Å². The molecule has 2 rings (SSSR count). The minimum Gasteiger partial charge on any atom is -0.348 e. The van der Waals surface area contributed by atoms with Crippen molar-refractivity contribution in [2.24, 2.45) is 0 Å². The highest BCUT2D eigenvalue weighted by Gasteiger charge is 2.16. The second kappa shape index (κ2) is 7.90. The van der Waals surface area contributed by atoms with Gasteiger partial charge in [0.25, 0.3) is 0 Å². The molecule has 0 atom stereocenters. The first-order valence-electron chi connectivity index (χ1n) is 7.42. The molecule has 1 N–H and O–H groups in total. The maximum absolute atomic E-state index is 12.0. The number of hydrogen-bond acceptors (Lipinski definition) is 3. The number of sulfonamides is 1. The summed E-state index contributed by atoms with van der Waals surface area (Å²) in [5, 5.41) is 2.76. The van der Waals surface area contributed by atoms with Gasteiger partial charge in [-0.1, -0.05) is 42.5 Å². The Labute approximate surface area is 142 Å². The molecule has 0 saturated heterocycles. The van der Waals surface area contributed by atoms with Gasteiger partial charge in [0.1, 0.15) is 0 Å². The largest absolute Gasteiger partial charge is 0.348 e. The van der Waals surface area contributed by atoms with Crippen LogP contribution in [-0.2, 0) is 21.4 Å². The highest BCUT2D eigenvalue weighted by molar-refractivity contribution is 7.89. The third-order valence-corrected chi connectivity index (χ3v) is 5.22. The summed E-state index contributed by atoms with van der Waals surface area (Å²) in [4.78, 5) is 12.0. The molecule has 1 amide bonds. The Morgan fingerprint density at radius 3 is 2.25 bits per heavy atom. The molecule has 0 spiro atoms. The molecule has 0 aromatic heterocycles. The molecule has 2 aromatic rings. The Hall–Kier alpha value is -2.44. The molecule has 0 aliphatic rings. The Kier molecular flexibility index (Phi) is 5.89. The molecule has 0 heterocycles. The summed E-state index contributed by atoms with van der Waals surface area (Å²) in [6.45, 7) is 0.334. The SMILES string of the molecule is CN(C)S(=O)(=O)c1ccc(CNC(=O)C=Cc2ccccc2)cc1. The fourth-order valence-corrected chi connectivity index (χ4v) is 2.88. The topological polar surface area (TPSA) is 66.5 Å². The van der Waals surface area contributed by atoms with E-state index in [9.17, 15) is 13.2 Å². The van der Waals surface area contributed by atoms with Crippen molar-refractivity contribution in [2.45, 2.75) is 11.4 Å². The summed E-state index contributed by atoms with van der Waals surface area (Å²) >= 11 is 0. The predicted octanol–water partition coefficient (Wildman–Crippen LogP) is 2.27. The second-order valence-electron chi connectivity index (χ2n) is 5.39. The quantitative estimate of drug-likeness (QED) is 0.818. The van der Waals surface area contributed by atoms with Crippen LogP contribution in [-0.4, -0.2) is 32.7 Å². The van der Waals surface area contributed by atoms with Crippen LogP contribution in [0.5, 0.6) is 0 Å². The zero-order chi connectivity index (χ0) is 17.6. The summed E-state index contributed by atoms with van der Waals surface area (Å²) in [6, 6.07) is 16.0. The molecule has 6 heteroatoms. The molecule has 0 saturated carbocycles. The normalized spacial score (nSPS) is 11.8. The van der Waals surface area contributed by atoms with Gasteiger partial charge in [-0.25, -0.2) is 12.7 Å². The smallest absolute Gasteiger partial charge is 0.244 e. The number of nitrogens with zero attached hydrogens (tertiary/aromatic N) is 1. The van der Waals surface area contributed by atoms with Crippen LogP contribution in [0.3, 0.4) is 0 Å². The summed E-state index contributed by atoms with van der Waals surface area (Å²) in [6.07, 6.45) is 3.21. The average Bonchev–Trinajstić information content (AvgIpc) is 2.59. The van der Waals surface area contributed by atoms with Crippen molar-refractivity contribution >= 4 is 22.0 Å². The Bertz CT molecular complexity index is 811. The van der Waals surface area contributed by atoms with Crippen LogP contribution < -0.4 is 5.32 Å². The lowest BCUT2D eigenvalue weighted by atomic mass is 10.2. The first kappa shape index (κ1) is 17.9. The van der Waals surface area contributed by atoms with E-state index in [0.717, 1.165) is 15.4 Å². The van der Waals surface area contributed by atoms with Gasteiger partial charge in [0, 0.05) is 26.7 Å². The van der Waals surface area contributed by atoms with Crippen molar-refractivity contribution in [1.82, 2.24) is 9.62 Å². The molecule has 2 aromatic carbocycles. The lowest BCUT2D eigenvalue weighted by molar-refractivity contribution is -0.116. The maximum atomic E-state index is 12.0. The molecular formula is C18H20N2O3S. The van der Waals surface area contributed by atoms with E-state index in [2.05, 4.69) is 5.32 Å². The minimum atomic E-state index is -3.43. The van der Waals surface area contributed by atoms with Crippen LogP contribution in [0.4, 0.5) is 0 Å². The number of rotatable bonds is 6. The Balaban J connectivity index is 1.93. The van der Waals surface area contributed by atoms with Gasteiger partial charge in [0.15, 0.2) is 0 Å². The number of carbonyl (C=O) groups excluding carboxylic acids is 1. The molecule has 0 fully saturated rings. The van der Waals surface area contributed by atoms with Gasteiger partial charge < -0.3 is 5.32 Å². The van der Waals surface area contributed by atoms with Crippen LogP contribution in [0, 0.1) is 0 Å². The van der Waals surface area contributed by atoms with E-state index >= 15 is 0 Å². The van der Waals surface area contributed by atoms with Crippen LogP contribution in [0.2, 0.25) is 0 Å². The average molecular weight is 344 g/mol. The van der Waals surface area contributed by atoms with Crippen molar-refractivity contribution < 1.29 is 13.2 Å². The molecule has 0 bridgehead atoms. The molecule has 0 aliphatic carbocycles. The lowest BCUT2D eigenvalue weighted by Crippen LogP contribution is -2.22. The molecule has 0 unspecified atom stereocenters. The van der Waals surface area contributed by atoms with Gasteiger partial charge >= 0.3 is 0 Å². The minimum absolute atomic E-state index is 0.205. The standard InChI is InChI=1S/C18H20N2O3S/c1-20(2)24(22,23)17-11-8-16(9-12-17)14-19-18(21)13-10-15-6-4-3-5-7-15/h3-13H,14H2,1-2H3,(H,19,21). The van der Waals surface area contributed by atoms with Crippen LogP contribution in [0.25, 0.3) is 6.08 Å². The zero-order valence-corrected chi connectivity index (χ0v) is 14.5. The molecule has 0 aliphatic heterocycles. The van der Waals surface area contributed by atoms with Gasteiger partial charge in [0.2, 0.25) is 15.9 Å². The van der Waals surface area contributed by atoms with Gasteiger partial charge in [-0.15, -0.1) is 0 Å². The monoisotopic (exact) mass is 344 g/mol. The second-order valence-corrected chi connectivity index (χ2v) is 7.55. The lowest BCUT2D eigenvalue weighted by Gasteiger charge is -2.11. The molecule has 0 radical (unpaired) electrons. The van der Waals surface area contributed by atoms with Crippen LogP contribution >= 0.6 is 0 Å². The van der Waals surface area contributed by atoms with Crippen molar-refractivity contribution in [2.75, 3.05) is 14.1 Å². The highest BCUT2D eigenvalue weighted by atomic mass is 32.2. The van der Waals surface area contributed by atoms with E-state index in [1.54, 1.807) is 18.2 Å². The van der Waals surface area contributed by atoms with Gasteiger partial charge in [0.05, 0.1) is 4.90 Å². The molecule has 5 nitrogen and oxygen atoms in total. The van der Waals surface area contributed by atoms with E-state index < -0.39 is 10.0 Å². The third kappa shape index (κ3) is 4.78. The van der Waals surface area contributed by atoms with Crippen LogP contribution in [0.1, 0.15) is 11.1 Å². The van der Waals surface area contributed by atoms with E-state index in [4.69, 9.17) is 0 Å². The third-order valence-electron chi connectivity index (χ3n) is 3.40. The summed E-state index contributed by atoms with van der Waals surface area (Å²) in [5.74, 6) is -0.205. The molecular weight excluding hydrogens is 324 g/mol. The van der Waals surface area contributed by atoms with E-state index in [-0.39, 0.29) is 10.8 Å². The van der Waals surface area contributed by atoms with Gasteiger partial charge in [-0.3, -0.25) is 4.79 Å². The zero-order valence-electron chi connectivity index (χ0n) is 13.6. The first-order chi connectivity index (χ1) is 11.4. The van der Waals surface area contributed by atoms with Crippen molar-refractivity contribution in [3.63, 3.8) is 0 Å². The van der Waals surface area contributed by atoms with Crippen molar-refractivity contribution in [3.05, 3.63) is 71.8 Å². The fourth-order valence-electron chi connectivity index (χ4n) is 1.97. The van der Waals surface area contributed by atoms with Crippen molar-refractivity contribution in [3.8, 4) is 0 Å². The fraction of sp³-hybridized carbons (Fsp3) is 0.167. The number of carbonyl (C=O) groups is 1. The highest BCUT2D eigenvalue weighted by Crippen LogP contribution is 2.13. The number of nitrogens with one attached hydrogen (secondary N) is 1. The predicted molar refractivity (Wildman–Crippen MR) is 94.6 cm³/mol. The number of hydrogen-bond donors (Lipinski definition) is 1. The summed E-state index contributed by atoms with van der Waals surface area (Å²) < 4.78 is 25.1. The van der Waals surface area contributed by atoms with E-state index in [0.29, 0.717) is 6.54 Å². The number of benzene rings is 2. The summed E-state index contributed by atoms with van der Waals surface area (Å²) in [5.41, 5.74) is 1.78. The van der Waals surface area contributed by atoms with Crippen LogP contribution in [0.15, 0.2) is 65.6 Å². The Morgan fingerprint density at radius 2 is 1.67 bits per heavy atom. The van der Waals surface area contributed by atoms with E-state index in [1.807, 2.05) is 30.3 Å². The maximum Gasteiger partial charge on any atom is 0.244 e. The first-order valence-corrected chi connectivity index (χ1v) is 8.86. The van der Waals surface area contributed by atoms with Crippen molar-refractivity contribution in [1.29, 1.82) is 0 Å². The van der Waals surface area contributed by atoms with Gasteiger partial charge in [-0.05, 0) is 29.3 Å². The molecule has 126 valence electrons. The number of amides is 1. The molecule has 24 heavy (non-hydrogen) atoms. The Morgan fingerprint density at radius 1 is 1.04 bits per heavy atom. The summed E-state index contributed by atoms with van der Waals surface area (Å²) in [7, 11) is -0.452. The van der Waals surface area contributed by atoms with Gasteiger partial charge in [-0.2, -0.15) is 0 Å².